The van der Waals surface area contributed by atoms with Crippen molar-refractivity contribution < 1.29 is 8.78 Å². The number of fused-ring (bicyclic) bond motifs is 1. The second-order valence-corrected chi connectivity index (χ2v) is 9.05. The van der Waals surface area contributed by atoms with Gasteiger partial charge in [-0.05, 0) is 79.0 Å². The molecule has 5 rings (SSSR count). The van der Waals surface area contributed by atoms with Crippen molar-refractivity contribution in [1.29, 1.82) is 0 Å². The fraction of sp³-hybridized carbons (Fsp3) is 0.333. The fourth-order valence-corrected chi connectivity index (χ4v) is 4.99. The molecule has 4 aromatic rings. The average Bonchev–Trinajstić information content (AvgIpc) is 3.50. The van der Waals surface area contributed by atoms with Crippen LogP contribution in [-0.4, -0.2) is 50.9 Å². The van der Waals surface area contributed by atoms with E-state index in [-0.39, 0.29) is 24.0 Å². The molecule has 0 radical (unpaired) electrons. The second kappa shape index (κ2) is 11.2. The average molecular weight is 498 g/mol. The van der Waals surface area contributed by atoms with Gasteiger partial charge in [0, 0.05) is 31.2 Å². The number of benzene rings is 3. The molecule has 1 aliphatic rings. The van der Waals surface area contributed by atoms with Crippen LogP contribution in [0.4, 0.5) is 8.78 Å². The van der Waals surface area contributed by atoms with Crippen LogP contribution < -0.4 is 0 Å². The number of nitrogens with one attached hydrogen (secondary N) is 1. The van der Waals surface area contributed by atoms with Gasteiger partial charge in [-0.25, -0.2) is 8.78 Å². The quantitative estimate of drug-likeness (QED) is 0.333. The van der Waals surface area contributed by atoms with E-state index in [1.807, 2.05) is 36.4 Å². The van der Waals surface area contributed by atoms with E-state index in [0.29, 0.717) is 24.7 Å². The van der Waals surface area contributed by atoms with Gasteiger partial charge in [-0.3, -0.25) is 9.80 Å². The summed E-state index contributed by atoms with van der Waals surface area (Å²) in [4.78, 5) is 4.78. The Hall–Kier alpha value is -2.87. The molecule has 0 bridgehead atoms. The minimum atomic E-state index is -0.244. The fourth-order valence-electron chi connectivity index (χ4n) is 4.99. The van der Waals surface area contributed by atoms with Crippen LogP contribution in [0.3, 0.4) is 0 Å². The summed E-state index contributed by atoms with van der Waals surface area (Å²) in [7, 11) is 0. The van der Waals surface area contributed by atoms with Gasteiger partial charge >= 0.3 is 0 Å². The molecule has 0 spiro atoms. The normalized spacial score (nSPS) is 16.2. The summed E-state index contributed by atoms with van der Waals surface area (Å²) in [6.45, 7) is 6.29. The Morgan fingerprint density at radius 2 is 1.69 bits per heavy atom. The molecule has 1 fully saturated rings. The first kappa shape index (κ1) is 25.2. The first-order valence-electron chi connectivity index (χ1n) is 11.9. The van der Waals surface area contributed by atoms with Crippen LogP contribution in [0.1, 0.15) is 30.9 Å². The Morgan fingerprint density at radius 1 is 0.943 bits per heavy atom. The molecule has 0 unspecified atom stereocenters. The lowest BCUT2D eigenvalue weighted by Crippen LogP contribution is -2.39. The van der Waals surface area contributed by atoms with Gasteiger partial charge in [-0.15, -0.1) is 12.4 Å². The van der Waals surface area contributed by atoms with E-state index < -0.39 is 0 Å². The van der Waals surface area contributed by atoms with Crippen molar-refractivity contribution in [1.82, 2.24) is 25.2 Å². The van der Waals surface area contributed by atoms with Gasteiger partial charge in [0.05, 0.1) is 0 Å². The molecule has 184 valence electrons. The van der Waals surface area contributed by atoms with Gasteiger partial charge in [0.25, 0.3) is 0 Å². The molecule has 1 saturated heterocycles. The number of likely N-dealkylation sites (tertiary alicyclic amines) is 1. The third-order valence-corrected chi connectivity index (χ3v) is 6.78. The maximum absolute atomic E-state index is 15.0. The summed E-state index contributed by atoms with van der Waals surface area (Å²) in [6, 6.07) is 18.2. The molecule has 0 aliphatic carbocycles. The van der Waals surface area contributed by atoms with E-state index in [1.165, 1.54) is 18.6 Å². The van der Waals surface area contributed by atoms with E-state index in [1.54, 1.807) is 12.1 Å². The molecule has 1 aromatic heterocycles. The smallest absolute Gasteiger partial charge is 0.127 e. The molecule has 1 N–H and O–H groups in total. The van der Waals surface area contributed by atoms with Crippen LogP contribution in [-0.2, 0) is 13.1 Å². The van der Waals surface area contributed by atoms with E-state index in [4.69, 9.17) is 0 Å². The molecule has 3 aromatic carbocycles. The number of rotatable bonds is 8. The van der Waals surface area contributed by atoms with Gasteiger partial charge in [0.15, 0.2) is 0 Å². The van der Waals surface area contributed by atoms with E-state index in [2.05, 4.69) is 32.1 Å². The first-order valence-corrected chi connectivity index (χ1v) is 11.9. The number of nitrogens with zero attached hydrogens (tertiary/aromatic N) is 4. The molecular formula is C27H30ClF2N5. The predicted octanol–water partition coefficient (Wildman–Crippen LogP) is 5.81. The molecule has 0 amide bonds. The lowest BCUT2D eigenvalue weighted by Gasteiger charge is -2.30. The molecule has 2 heterocycles. The molecule has 8 heteroatoms. The number of aromatic nitrogens is 3. The second-order valence-electron chi connectivity index (χ2n) is 9.05. The van der Waals surface area contributed by atoms with Crippen LogP contribution in [0.15, 0.2) is 60.7 Å². The van der Waals surface area contributed by atoms with Crippen LogP contribution in [0.5, 0.6) is 0 Å². The van der Waals surface area contributed by atoms with Crippen LogP contribution in [0.25, 0.3) is 22.2 Å². The highest BCUT2D eigenvalue weighted by Crippen LogP contribution is 2.27. The van der Waals surface area contributed by atoms with Gasteiger partial charge in [-0.2, -0.15) is 15.4 Å². The van der Waals surface area contributed by atoms with Crippen molar-refractivity contribution in [2.24, 2.45) is 0 Å². The maximum Gasteiger partial charge on any atom is 0.127 e. The summed E-state index contributed by atoms with van der Waals surface area (Å²) >= 11 is 0. The van der Waals surface area contributed by atoms with Crippen molar-refractivity contribution in [3.8, 4) is 11.1 Å². The Labute approximate surface area is 210 Å². The summed E-state index contributed by atoms with van der Waals surface area (Å²) in [5.74, 6) is -0.458. The zero-order valence-corrected chi connectivity index (χ0v) is 20.6. The molecule has 1 aliphatic heterocycles. The van der Waals surface area contributed by atoms with Crippen molar-refractivity contribution in [3.05, 3.63) is 83.4 Å². The van der Waals surface area contributed by atoms with Crippen LogP contribution in [0.2, 0.25) is 0 Å². The number of aromatic amines is 1. The highest BCUT2D eigenvalue weighted by Gasteiger charge is 2.25. The van der Waals surface area contributed by atoms with E-state index in [0.717, 1.165) is 53.8 Å². The largest absolute Gasteiger partial charge is 0.299 e. The highest BCUT2D eigenvalue weighted by atomic mass is 35.5. The number of halogens is 3. The number of hydrogen-bond acceptors (Lipinski definition) is 4. The summed E-state index contributed by atoms with van der Waals surface area (Å²) in [5.41, 5.74) is 5.17. The molecule has 1 atom stereocenters. The lowest BCUT2D eigenvalue weighted by atomic mass is 10.0. The third kappa shape index (κ3) is 5.86. The number of H-pyrrole nitrogens is 1. The Balaban J connectivity index is 0.00000289. The molecule has 5 nitrogen and oxygen atoms in total. The van der Waals surface area contributed by atoms with Crippen molar-refractivity contribution in [3.63, 3.8) is 0 Å². The van der Waals surface area contributed by atoms with E-state index in [9.17, 15) is 8.78 Å². The summed E-state index contributed by atoms with van der Waals surface area (Å²) < 4.78 is 28.4. The number of likely N-dealkylation sites (N-methyl/N-ethyl adjacent to an activating group) is 1. The van der Waals surface area contributed by atoms with Crippen molar-refractivity contribution >= 4 is 23.4 Å². The monoisotopic (exact) mass is 497 g/mol. The topological polar surface area (TPSA) is 48.0 Å². The highest BCUT2D eigenvalue weighted by molar-refractivity contribution is 5.85. The van der Waals surface area contributed by atoms with Crippen LogP contribution >= 0.6 is 12.4 Å². The number of hydrogen-bond donors (Lipinski definition) is 1. The molecule has 35 heavy (non-hydrogen) atoms. The third-order valence-electron chi connectivity index (χ3n) is 6.78. The minimum Gasteiger partial charge on any atom is -0.299 e. The maximum atomic E-state index is 15.0. The van der Waals surface area contributed by atoms with Gasteiger partial charge in [0.2, 0.25) is 0 Å². The standard InChI is InChI=1S/C27H29F2N5.ClH/c1-2-34-13-3-4-24(34)18-33(16-19-5-9-23(28)10-6-19)17-22-14-20(7-11-25(22)29)21-8-12-26-27(15-21)31-32-30-26;/h5-12,14-15,24H,2-4,13,16-18H2,1H3,(H,30,31,32);1H/t24-;/m0./s1. The lowest BCUT2D eigenvalue weighted by molar-refractivity contribution is 0.164. The Kier molecular flexibility index (Phi) is 8.11. The van der Waals surface area contributed by atoms with E-state index >= 15 is 0 Å². The SMILES string of the molecule is CCN1CCC[C@H]1CN(Cc1ccc(F)cc1)Cc1cc(-c2ccc3n[nH]nc3c2)ccc1F.Cl. The van der Waals surface area contributed by atoms with Gasteiger partial charge in [-0.1, -0.05) is 31.2 Å². The summed E-state index contributed by atoms with van der Waals surface area (Å²) in [6.07, 6.45) is 2.34. The molecule has 0 saturated carbocycles. The molecular weight excluding hydrogens is 468 g/mol. The zero-order valence-electron chi connectivity index (χ0n) is 19.8. The van der Waals surface area contributed by atoms with Gasteiger partial charge < -0.3 is 0 Å². The van der Waals surface area contributed by atoms with Crippen LogP contribution in [0, 0.1) is 11.6 Å². The minimum absolute atomic E-state index is 0. The predicted molar refractivity (Wildman–Crippen MR) is 137 cm³/mol. The summed E-state index contributed by atoms with van der Waals surface area (Å²) in [5, 5.41) is 10.9. The van der Waals surface area contributed by atoms with Crippen molar-refractivity contribution in [2.75, 3.05) is 19.6 Å². The van der Waals surface area contributed by atoms with Crippen molar-refractivity contribution in [2.45, 2.75) is 38.9 Å². The first-order chi connectivity index (χ1) is 16.6. The van der Waals surface area contributed by atoms with Gasteiger partial charge in [0.1, 0.15) is 22.7 Å². The Morgan fingerprint density at radius 3 is 2.49 bits per heavy atom. The zero-order chi connectivity index (χ0) is 23.5. The Bertz CT molecular complexity index is 1260.